The highest BCUT2D eigenvalue weighted by Gasteiger charge is 2.49. The summed E-state index contributed by atoms with van der Waals surface area (Å²) in [6, 6.07) is 31.5. The van der Waals surface area contributed by atoms with Crippen molar-refractivity contribution in [1.82, 2.24) is 0 Å². The molecule has 1 heterocycles. The van der Waals surface area contributed by atoms with Crippen LogP contribution >= 0.6 is 0 Å². The smallest absolute Gasteiger partial charge is 0.136 e. The first-order valence-corrected chi connectivity index (χ1v) is 16.4. The highest BCUT2D eigenvalue weighted by atomic mass is 16.5. The molecule has 43 heavy (non-hydrogen) atoms. The fraction of sp³-hybridized carbons (Fsp3) is 0.286. The van der Waals surface area contributed by atoms with Crippen molar-refractivity contribution in [3.63, 3.8) is 0 Å². The fourth-order valence-electron chi connectivity index (χ4n) is 8.75. The predicted molar refractivity (Wildman–Crippen MR) is 182 cm³/mol. The Morgan fingerprint density at radius 3 is 2.23 bits per heavy atom. The molecular formula is C42H40O. The van der Waals surface area contributed by atoms with Gasteiger partial charge in [-0.1, -0.05) is 118 Å². The van der Waals surface area contributed by atoms with Gasteiger partial charge in [0, 0.05) is 21.9 Å². The Balaban J connectivity index is 1.53. The number of ether oxygens (including phenoxy) is 1. The minimum Gasteiger partial charge on any atom is -0.456 e. The Labute approximate surface area is 255 Å². The number of allylic oxidation sites excluding steroid dienone is 4. The lowest BCUT2D eigenvalue weighted by Gasteiger charge is -2.38. The van der Waals surface area contributed by atoms with Gasteiger partial charge < -0.3 is 4.74 Å². The summed E-state index contributed by atoms with van der Waals surface area (Å²) in [5.41, 5.74) is 11.1. The van der Waals surface area contributed by atoms with Gasteiger partial charge in [0.2, 0.25) is 0 Å². The molecule has 0 radical (unpaired) electrons. The van der Waals surface area contributed by atoms with Crippen molar-refractivity contribution in [3.05, 3.63) is 119 Å². The number of rotatable bonds is 7. The predicted octanol–water partition coefficient (Wildman–Crippen LogP) is 12.2. The first kappa shape index (κ1) is 26.5. The van der Waals surface area contributed by atoms with Crippen molar-refractivity contribution in [3.8, 4) is 33.8 Å². The summed E-state index contributed by atoms with van der Waals surface area (Å²) in [6.07, 6.45) is 11.0. The van der Waals surface area contributed by atoms with Crippen molar-refractivity contribution in [2.75, 3.05) is 0 Å². The first-order valence-electron chi connectivity index (χ1n) is 16.4. The Morgan fingerprint density at radius 1 is 0.698 bits per heavy atom. The van der Waals surface area contributed by atoms with Gasteiger partial charge >= 0.3 is 0 Å². The van der Waals surface area contributed by atoms with E-state index in [0.29, 0.717) is 11.8 Å². The van der Waals surface area contributed by atoms with Crippen LogP contribution in [0, 0.1) is 11.8 Å². The van der Waals surface area contributed by atoms with E-state index in [9.17, 15) is 0 Å². The van der Waals surface area contributed by atoms with Crippen LogP contribution in [-0.2, 0) is 5.41 Å². The minimum absolute atomic E-state index is 0.228. The summed E-state index contributed by atoms with van der Waals surface area (Å²) in [4.78, 5) is 0. The molecule has 0 saturated carbocycles. The van der Waals surface area contributed by atoms with Crippen LogP contribution in [0.15, 0.2) is 108 Å². The van der Waals surface area contributed by atoms with Gasteiger partial charge in [-0.2, -0.15) is 0 Å². The van der Waals surface area contributed by atoms with Crippen molar-refractivity contribution in [2.24, 2.45) is 11.8 Å². The van der Waals surface area contributed by atoms with Gasteiger partial charge in [0.15, 0.2) is 0 Å². The average Bonchev–Trinajstić information content (AvgIpc) is 3.32. The summed E-state index contributed by atoms with van der Waals surface area (Å²) in [7, 11) is 0. The van der Waals surface area contributed by atoms with E-state index in [-0.39, 0.29) is 5.41 Å². The Hall–Kier alpha value is -4.10. The standard InChI is InChI=1S/C42H40O/c1-5-26(6-2)30-22-31(27(7-3)8-4)25-42(24-30)35-21-20-29-16-12-19-36-38(29)39(35)40-37(43-36)23-34-32(28-14-10-9-11-15-28)17-13-18-33(34)41(40)42/h9-24,26-27H,5-8,25H2,1-4H3. The van der Waals surface area contributed by atoms with Crippen LogP contribution in [0.3, 0.4) is 0 Å². The molecule has 1 heteroatoms. The second-order valence-corrected chi connectivity index (χ2v) is 12.9. The maximum absolute atomic E-state index is 6.89. The molecule has 8 rings (SSSR count). The zero-order valence-corrected chi connectivity index (χ0v) is 25.8. The summed E-state index contributed by atoms with van der Waals surface area (Å²) >= 11 is 0. The lowest BCUT2D eigenvalue weighted by Crippen LogP contribution is -2.29. The Bertz CT molecular complexity index is 1970. The quantitative estimate of drug-likeness (QED) is 0.189. The third kappa shape index (κ3) is 3.70. The van der Waals surface area contributed by atoms with Gasteiger partial charge in [-0.3, -0.25) is 0 Å². The van der Waals surface area contributed by atoms with Crippen LogP contribution < -0.4 is 4.74 Å². The second-order valence-electron chi connectivity index (χ2n) is 12.9. The molecule has 0 aromatic heterocycles. The van der Waals surface area contributed by atoms with Crippen LogP contribution in [0.1, 0.15) is 70.9 Å². The lowest BCUT2D eigenvalue weighted by molar-refractivity contribution is 0.484. The normalized spacial score (nSPS) is 18.1. The SMILES string of the molecule is CCC(CC)C1=CC2(CC(C(CC)CC)=C1)c1ccc3cccc4c3c1-c1c(cc3c(-c5ccccc5)cccc3c12)O4. The van der Waals surface area contributed by atoms with Gasteiger partial charge in [-0.15, -0.1) is 0 Å². The van der Waals surface area contributed by atoms with Gasteiger partial charge in [0.1, 0.15) is 11.5 Å². The molecule has 0 amide bonds. The molecule has 0 saturated heterocycles. The number of benzene rings is 5. The van der Waals surface area contributed by atoms with Crippen LogP contribution in [0.25, 0.3) is 43.8 Å². The van der Waals surface area contributed by atoms with E-state index >= 15 is 0 Å². The summed E-state index contributed by atoms with van der Waals surface area (Å²) in [5, 5.41) is 5.18. The van der Waals surface area contributed by atoms with E-state index in [1.165, 1.54) is 73.3 Å². The van der Waals surface area contributed by atoms with Gasteiger partial charge in [0.05, 0.1) is 0 Å². The largest absolute Gasteiger partial charge is 0.456 e. The second kappa shape index (κ2) is 9.98. The van der Waals surface area contributed by atoms with E-state index in [4.69, 9.17) is 4.74 Å². The van der Waals surface area contributed by atoms with E-state index in [0.717, 1.165) is 30.8 Å². The first-order chi connectivity index (χ1) is 21.1. The van der Waals surface area contributed by atoms with Crippen LogP contribution in [0.4, 0.5) is 0 Å². The Morgan fingerprint density at radius 2 is 1.47 bits per heavy atom. The maximum atomic E-state index is 6.89. The molecule has 2 aliphatic carbocycles. The molecule has 5 aromatic rings. The van der Waals surface area contributed by atoms with Crippen LogP contribution in [-0.4, -0.2) is 0 Å². The van der Waals surface area contributed by atoms with Gasteiger partial charge in [0.25, 0.3) is 0 Å². The number of hydrogen-bond acceptors (Lipinski definition) is 1. The zero-order chi connectivity index (χ0) is 29.3. The van der Waals surface area contributed by atoms with Gasteiger partial charge in [-0.05, 0) is 100 Å². The van der Waals surface area contributed by atoms with E-state index in [2.05, 4.69) is 125 Å². The highest BCUT2D eigenvalue weighted by Crippen LogP contribution is 2.65. The van der Waals surface area contributed by atoms with Crippen molar-refractivity contribution >= 4 is 21.5 Å². The fourth-order valence-corrected chi connectivity index (χ4v) is 8.75. The monoisotopic (exact) mass is 560 g/mol. The molecule has 3 aliphatic rings. The molecule has 1 aliphatic heterocycles. The van der Waals surface area contributed by atoms with Gasteiger partial charge in [-0.25, -0.2) is 0 Å². The van der Waals surface area contributed by atoms with Crippen molar-refractivity contribution in [2.45, 2.75) is 65.2 Å². The average molecular weight is 561 g/mol. The molecule has 1 spiro atoms. The highest BCUT2D eigenvalue weighted by molar-refractivity contribution is 6.14. The van der Waals surface area contributed by atoms with Crippen molar-refractivity contribution < 1.29 is 4.74 Å². The maximum Gasteiger partial charge on any atom is 0.136 e. The lowest BCUT2D eigenvalue weighted by atomic mass is 9.64. The number of hydrogen-bond donors (Lipinski definition) is 0. The van der Waals surface area contributed by atoms with E-state index in [1.54, 1.807) is 5.57 Å². The molecule has 1 unspecified atom stereocenters. The van der Waals surface area contributed by atoms with Crippen molar-refractivity contribution in [1.29, 1.82) is 0 Å². The summed E-state index contributed by atoms with van der Waals surface area (Å²) in [5.74, 6) is 3.14. The third-order valence-electron chi connectivity index (χ3n) is 10.9. The number of fused-ring (bicyclic) bond motifs is 4. The zero-order valence-electron chi connectivity index (χ0n) is 25.8. The molecule has 0 bridgehead atoms. The third-order valence-corrected chi connectivity index (χ3v) is 10.9. The molecule has 1 nitrogen and oxygen atoms in total. The van der Waals surface area contributed by atoms with Crippen LogP contribution in [0.2, 0.25) is 0 Å². The molecule has 0 fully saturated rings. The molecular weight excluding hydrogens is 520 g/mol. The molecule has 214 valence electrons. The van der Waals surface area contributed by atoms with Crippen LogP contribution in [0.5, 0.6) is 11.5 Å². The molecule has 5 aromatic carbocycles. The minimum atomic E-state index is -0.228. The topological polar surface area (TPSA) is 9.23 Å². The van der Waals surface area contributed by atoms with E-state index in [1.807, 2.05) is 0 Å². The Kier molecular flexibility index (Phi) is 6.16. The summed E-state index contributed by atoms with van der Waals surface area (Å²) < 4.78 is 6.89. The summed E-state index contributed by atoms with van der Waals surface area (Å²) in [6.45, 7) is 9.46. The van der Waals surface area contributed by atoms with E-state index < -0.39 is 0 Å². The molecule has 0 N–H and O–H groups in total. The molecule has 1 atom stereocenters.